The van der Waals surface area contributed by atoms with Crippen molar-refractivity contribution in [2.45, 2.75) is 44.7 Å². The highest BCUT2D eigenvalue weighted by Gasteiger charge is 2.31. The Kier molecular flexibility index (Phi) is 4.04. The zero-order valence-electron chi connectivity index (χ0n) is 12.1. The van der Waals surface area contributed by atoms with Crippen molar-refractivity contribution in [3.63, 3.8) is 0 Å². The number of thiazole rings is 1. The molecule has 2 nitrogen and oxygen atoms in total. The number of aromatic nitrogens is 1. The lowest BCUT2D eigenvalue weighted by Crippen LogP contribution is -2.26. The first-order valence-electron chi connectivity index (χ1n) is 7.21. The van der Waals surface area contributed by atoms with Crippen LogP contribution in [0.1, 0.15) is 54.9 Å². The van der Waals surface area contributed by atoms with E-state index in [1.165, 1.54) is 29.5 Å². The molecule has 1 aromatic heterocycles. The number of nitrogens with one attached hydrogen (secondary N) is 1. The molecule has 1 aromatic carbocycles. The van der Waals surface area contributed by atoms with Crippen LogP contribution in [0.5, 0.6) is 0 Å². The smallest absolute Gasteiger partial charge is 0.131 e. The Morgan fingerprint density at radius 2 is 1.90 bits per heavy atom. The molecule has 1 aliphatic carbocycles. The van der Waals surface area contributed by atoms with Crippen LogP contribution in [0.15, 0.2) is 23.6 Å². The van der Waals surface area contributed by atoms with E-state index in [2.05, 4.69) is 24.1 Å². The van der Waals surface area contributed by atoms with Crippen molar-refractivity contribution in [1.29, 1.82) is 0 Å². The van der Waals surface area contributed by atoms with Gasteiger partial charge in [0.15, 0.2) is 0 Å². The third-order valence-electron chi connectivity index (χ3n) is 3.65. The van der Waals surface area contributed by atoms with Crippen molar-refractivity contribution in [3.05, 3.63) is 51.5 Å². The lowest BCUT2D eigenvalue weighted by Gasteiger charge is -2.18. The molecule has 1 aliphatic rings. The zero-order chi connectivity index (χ0) is 15.0. The van der Waals surface area contributed by atoms with Crippen molar-refractivity contribution in [3.8, 4) is 0 Å². The Morgan fingerprint density at radius 3 is 2.43 bits per heavy atom. The maximum Gasteiger partial charge on any atom is 0.131 e. The molecular weight excluding hydrogens is 290 g/mol. The number of hydrogen-bond donors (Lipinski definition) is 1. The average Bonchev–Trinajstić information content (AvgIpc) is 3.11. The van der Waals surface area contributed by atoms with Gasteiger partial charge in [0, 0.05) is 17.0 Å². The number of hydrogen-bond acceptors (Lipinski definition) is 3. The summed E-state index contributed by atoms with van der Waals surface area (Å²) in [6, 6.07) is 3.83. The van der Waals surface area contributed by atoms with E-state index in [4.69, 9.17) is 0 Å². The standard InChI is InChI=1S/C16H18F2N2S/c1-9(2)13-8-21-16(20-13)15(19-10-6-7-10)14-11(17)4-3-5-12(14)18/h3-5,8-10,15,19H,6-7H2,1-2H3. The van der Waals surface area contributed by atoms with Gasteiger partial charge in [-0.1, -0.05) is 19.9 Å². The van der Waals surface area contributed by atoms with Gasteiger partial charge in [-0.05, 0) is 30.9 Å². The largest absolute Gasteiger partial charge is 0.301 e. The monoisotopic (exact) mass is 308 g/mol. The fraction of sp³-hybridized carbons (Fsp3) is 0.438. The minimum atomic E-state index is -0.519. The average molecular weight is 308 g/mol. The van der Waals surface area contributed by atoms with E-state index < -0.39 is 17.7 Å². The van der Waals surface area contributed by atoms with Crippen LogP contribution in [0, 0.1) is 11.6 Å². The van der Waals surface area contributed by atoms with E-state index in [1.807, 2.05) is 5.38 Å². The highest BCUT2D eigenvalue weighted by Crippen LogP contribution is 2.33. The van der Waals surface area contributed by atoms with Gasteiger partial charge in [0.2, 0.25) is 0 Å². The molecule has 0 spiro atoms. The number of rotatable bonds is 5. The van der Waals surface area contributed by atoms with Crippen LogP contribution >= 0.6 is 11.3 Å². The van der Waals surface area contributed by atoms with Crippen LogP contribution in [0.3, 0.4) is 0 Å². The van der Waals surface area contributed by atoms with Crippen molar-refractivity contribution < 1.29 is 8.78 Å². The molecule has 1 atom stereocenters. The summed E-state index contributed by atoms with van der Waals surface area (Å²) in [7, 11) is 0. The van der Waals surface area contributed by atoms with E-state index in [0.717, 1.165) is 23.5 Å². The lowest BCUT2D eigenvalue weighted by atomic mass is 10.1. The summed E-state index contributed by atoms with van der Waals surface area (Å²) in [4.78, 5) is 4.57. The highest BCUT2D eigenvalue weighted by atomic mass is 32.1. The topological polar surface area (TPSA) is 24.9 Å². The van der Waals surface area contributed by atoms with Crippen molar-refractivity contribution in [2.75, 3.05) is 0 Å². The van der Waals surface area contributed by atoms with Crippen molar-refractivity contribution in [1.82, 2.24) is 10.3 Å². The van der Waals surface area contributed by atoms with Crippen LogP contribution in [0.25, 0.3) is 0 Å². The molecule has 0 saturated heterocycles. The molecule has 0 amide bonds. The predicted octanol–water partition coefficient (Wildman–Crippen LogP) is 4.39. The summed E-state index contributed by atoms with van der Waals surface area (Å²) in [5, 5.41) is 6.03. The summed E-state index contributed by atoms with van der Waals surface area (Å²) in [6.45, 7) is 4.12. The second-order valence-electron chi connectivity index (χ2n) is 5.77. The van der Waals surface area contributed by atoms with Gasteiger partial charge in [0.1, 0.15) is 16.6 Å². The fourth-order valence-corrected chi connectivity index (χ4v) is 3.30. The van der Waals surface area contributed by atoms with Crippen LogP contribution in [0.4, 0.5) is 8.78 Å². The lowest BCUT2D eigenvalue weighted by molar-refractivity contribution is 0.500. The molecule has 1 heterocycles. The second-order valence-corrected chi connectivity index (χ2v) is 6.66. The summed E-state index contributed by atoms with van der Waals surface area (Å²) in [5.74, 6) is -0.731. The van der Waals surface area contributed by atoms with Gasteiger partial charge in [0.25, 0.3) is 0 Å². The first-order valence-corrected chi connectivity index (χ1v) is 8.09. The van der Waals surface area contributed by atoms with E-state index >= 15 is 0 Å². The predicted molar refractivity (Wildman–Crippen MR) is 80.6 cm³/mol. The third-order valence-corrected chi connectivity index (χ3v) is 4.57. The molecule has 1 saturated carbocycles. The van der Waals surface area contributed by atoms with Gasteiger partial charge >= 0.3 is 0 Å². The molecule has 1 unspecified atom stereocenters. The number of halogens is 2. The van der Waals surface area contributed by atoms with Crippen LogP contribution in [-0.4, -0.2) is 11.0 Å². The van der Waals surface area contributed by atoms with E-state index in [0.29, 0.717) is 12.0 Å². The van der Waals surface area contributed by atoms with E-state index in [9.17, 15) is 8.78 Å². The van der Waals surface area contributed by atoms with Crippen LogP contribution in [-0.2, 0) is 0 Å². The molecule has 1 fully saturated rings. The van der Waals surface area contributed by atoms with E-state index in [1.54, 1.807) is 0 Å². The third kappa shape index (κ3) is 3.14. The molecule has 1 N–H and O–H groups in total. The van der Waals surface area contributed by atoms with Gasteiger partial charge in [-0.25, -0.2) is 13.8 Å². The Morgan fingerprint density at radius 1 is 1.24 bits per heavy atom. The normalized spacial score (nSPS) is 16.4. The summed E-state index contributed by atoms with van der Waals surface area (Å²) in [5.41, 5.74) is 1.04. The van der Waals surface area contributed by atoms with Gasteiger partial charge in [-0.15, -0.1) is 11.3 Å². The van der Waals surface area contributed by atoms with Crippen molar-refractivity contribution in [2.24, 2.45) is 0 Å². The molecule has 5 heteroatoms. The molecule has 0 bridgehead atoms. The molecule has 0 aliphatic heterocycles. The second kappa shape index (κ2) is 5.81. The Hall–Kier alpha value is -1.33. The SMILES string of the molecule is CC(C)c1csc(C(NC2CC2)c2c(F)cccc2F)n1. The zero-order valence-corrected chi connectivity index (χ0v) is 12.9. The molecule has 21 heavy (non-hydrogen) atoms. The van der Waals surface area contributed by atoms with Crippen LogP contribution in [0.2, 0.25) is 0 Å². The number of nitrogens with zero attached hydrogens (tertiary/aromatic N) is 1. The first kappa shape index (κ1) is 14.6. The minimum absolute atomic E-state index is 0.0778. The Balaban J connectivity index is 2.00. The fourth-order valence-electron chi connectivity index (χ4n) is 2.25. The van der Waals surface area contributed by atoms with Gasteiger partial charge < -0.3 is 5.32 Å². The number of benzene rings is 1. The van der Waals surface area contributed by atoms with Gasteiger partial charge in [-0.2, -0.15) is 0 Å². The molecular formula is C16H18F2N2S. The first-order chi connectivity index (χ1) is 10.1. The van der Waals surface area contributed by atoms with Crippen molar-refractivity contribution >= 4 is 11.3 Å². The van der Waals surface area contributed by atoms with Crippen LogP contribution < -0.4 is 5.32 Å². The maximum atomic E-state index is 14.1. The Bertz CT molecular complexity index is 615. The highest BCUT2D eigenvalue weighted by molar-refractivity contribution is 7.09. The molecule has 2 aromatic rings. The van der Waals surface area contributed by atoms with Gasteiger partial charge in [-0.3, -0.25) is 0 Å². The van der Waals surface area contributed by atoms with Gasteiger partial charge in [0.05, 0.1) is 11.7 Å². The maximum absolute atomic E-state index is 14.1. The molecule has 112 valence electrons. The quantitative estimate of drug-likeness (QED) is 0.886. The molecule has 3 rings (SSSR count). The van der Waals surface area contributed by atoms with E-state index in [-0.39, 0.29) is 5.56 Å². The summed E-state index contributed by atoms with van der Waals surface area (Å²) >= 11 is 1.46. The summed E-state index contributed by atoms with van der Waals surface area (Å²) in [6.07, 6.45) is 2.10. The summed E-state index contributed by atoms with van der Waals surface area (Å²) < 4.78 is 28.2. The minimum Gasteiger partial charge on any atom is -0.301 e. The Labute approximate surface area is 127 Å². The molecule has 0 radical (unpaired) electrons.